The highest BCUT2D eigenvalue weighted by molar-refractivity contribution is 6.23. The summed E-state index contributed by atoms with van der Waals surface area (Å²) in [6.07, 6.45) is 0. The SMILES string of the molecule is [2H]c1c([2H])c([2H])c2c(-c3ccc4c(-c5ccc6c(c5)oc5ccc7ccccc7c56)cccc4c3)c3c([2H])c([2H])c([2H])c([2H])c3c(-c3ccc4ccccc4c3)c2c1[2H]. The van der Waals surface area contributed by atoms with Crippen molar-refractivity contribution in [3.05, 3.63) is 182 Å². The van der Waals surface area contributed by atoms with Gasteiger partial charge in [-0.05, 0) is 118 Å². The second kappa shape index (κ2) is 10.9. The van der Waals surface area contributed by atoms with Crippen LogP contribution >= 0.6 is 0 Å². The largest absolute Gasteiger partial charge is 0.456 e. The first-order valence-corrected chi connectivity index (χ1v) is 16.9. The van der Waals surface area contributed by atoms with Crippen LogP contribution in [0.1, 0.15) is 11.0 Å². The van der Waals surface area contributed by atoms with Gasteiger partial charge in [0.2, 0.25) is 0 Å². The van der Waals surface area contributed by atoms with Crippen LogP contribution in [-0.4, -0.2) is 0 Å². The van der Waals surface area contributed by atoms with Gasteiger partial charge >= 0.3 is 0 Å². The normalized spacial score (nSPS) is 14.1. The minimum atomic E-state index is -0.426. The Morgan fingerprint density at radius 2 is 0.922 bits per heavy atom. The Bertz CT molecular complexity index is 3580. The third kappa shape index (κ3) is 4.28. The van der Waals surface area contributed by atoms with Crippen LogP contribution in [0.5, 0.6) is 0 Å². The summed E-state index contributed by atoms with van der Waals surface area (Å²) in [5.41, 5.74) is 5.31. The average Bonchev–Trinajstić information content (AvgIpc) is 3.65. The van der Waals surface area contributed by atoms with Crippen LogP contribution in [0.3, 0.4) is 0 Å². The molecule has 0 aliphatic heterocycles. The van der Waals surface area contributed by atoms with Crippen molar-refractivity contribution >= 4 is 75.8 Å². The molecule has 11 aromatic rings. The molecule has 0 radical (unpaired) electrons. The highest BCUT2D eigenvalue weighted by atomic mass is 16.3. The zero-order valence-electron chi connectivity index (χ0n) is 35.1. The van der Waals surface area contributed by atoms with Gasteiger partial charge in [0.05, 0.1) is 11.0 Å². The van der Waals surface area contributed by atoms with Crippen molar-refractivity contribution in [2.24, 2.45) is 0 Å². The van der Waals surface area contributed by atoms with Crippen molar-refractivity contribution in [3.8, 4) is 33.4 Å². The van der Waals surface area contributed by atoms with E-state index in [1.165, 1.54) is 0 Å². The van der Waals surface area contributed by atoms with Crippen LogP contribution in [0, 0.1) is 0 Å². The fourth-order valence-corrected chi connectivity index (χ4v) is 7.95. The Morgan fingerprint density at radius 3 is 1.67 bits per heavy atom. The van der Waals surface area contributed by atoms with E-state index in [1.54, 1.807) is 0 Å². The monoisotopic (exact) mass is 654 g/mol. The number of hydrogen-bond acceptors (Lipinski definition) is 1. The molecule has 10 aromatic carbocycles. The molecule has 11 rings (SSSR count). The molecule has 0 spiro atoms. The maximum atomic E-state index is 9.37. The Hall–Kier alpha value is -6.70. The molecule has 1 aromatic heterocycles. The van der Waals surface area contributed by atoms with Crippen molar-refractivity contribution in [1.82, 2.24) is 0 Å². The second-order valence-electron chi connectivity index (χ2n) is 13.0. The topological polar surface area (TPSA) is 13.1 Å². The first-order valence-electron chi connectivity index (χ1n) is 20.9. The van der Waals surface area contributed by atoms with Gasteiger partial charge < -0.3 is 4.42 Å². The molecular weight excluding hydrogens is 617 g/mol. The highest BCUT2D eigenvalue weighted by Crippen LogP contribution is 2.45. The highest BCUT2D eigenvalue weighted by Gasteiger charge is 2.18. The minimum absolute atomic E-state index is 0.190. The molecule has 0 amide bonds. The molecule has 0 fully saturated rings. The molecule has 0 atom stereocenters. The van der Waals surface area contributed by atoms with E-state index in [-0.39, 0.29) is 45.7 Å². The van der Waals surface area contributed by atoms with Crippen molar-refractivity contribution in [2.45, 2.75) is 0 Å². The van der Waals surface area contributed by atoms with Gasteiger partial charge in [-0.3, -0.25) is 0 Å². The molecule has 0 aliphatic carbocycles. The predicted molar refractivity (Wildman–Crippen MR) is 218 cm³/mol. The van der Waals surface area contributed by atoms with Crippen LogP contribution < -0.4 is 0 Å². The second-order valence-corrected chi connectivity index (χ2v) is 13.0. The summed E-state index contributed by atoms with van der Waals surface area (Å²) in [6.45, 7) is 0. The molecule has 0 bridgehead atoms. The standard InChI is InChI=1S/C50H30O/c1-2-12-33-28-36(21-20-31(33)10-1)48-41-15-5-7-17-43(41)49(44-18-8-6-16-42(44)48)37-23-25-39-34(29-37)13-9-19-38(39)35-22-26-45-47(30-35)51-46-27-24-32-11-3-4-14-40(32)50(45)46/h1-30H/i5D,6D,7D,8D,15D,16D,17D,18D. The van der Waals surface area contributed by atoms with E-state index in [0.717, 1.165) is 65.4 Å². The first kappa shape index (κ1) is 21.4. The minimum Gasteiger partial charge on any atom is -0.456 e. The van der Waals surface area contributed by atoms with Crippen molar-refractivity contribution in [2.75, 3.05) is 0 Å². The summed E-state index contributed by atoms with van der Waals surface area (Å²) >= 11 is 0. The van der Waals surface area contributed by atoms with Gasteiger partial charge in [-0.1, -0.05) is 151 Å². The molecule has 1 heterocycles. The first-order chi connectivity index (χ1) is 28.6. The molecular formula is C50H30O. The van der Waals surface area contributed by atoms with E-state index in [4.69, 9.17) is 9.90 Å². The van der Waals surface area contributed by atoms with Gasteiger partial charge in [0.25, 0.3) is 0 Å². The third-order valence-electron chi connectivity index (χ3n) is 10.3. The zero-order chi connectivity index (χ0) is 40.4. The Kier molecular flexibility index (Phi) is 4.57. The smallest absolute Gasteiger partial charge is 0.136 e. The van der Waals surface area contributed by atoms with E-state index in [9.17, 15) is 5.48 Å². The molecule has 236 valence electrons. The lowest BCUT2D eigenvalue weighted by Gasteiger charge is -2.18. The lowest BCUT2D eigenvalue weighted by atomic mass is 9.85. The summed E-state index contributed by atoms with van der Waals surface area (Å²) < 4.78 is 79.0. The summed E-state index contributed by atoms with van der Waals surface area (Å²) in [6, 6.07) is 41.0. The van der Waals surface area contributed by atoms with Crippen LogP contribution in [0.2, 0.25) is 0 Å². The van der Waals surface area contributed by atoms with Crippen molar-refractivity contribution in [3.63, 3.8) is 0 Å². The van der Waals surface area contributed by atoms with Crippen molar-refractivity contribution < 1.29 is 15.4 Å². The average molecular weight is 655 g/mol. The van der Waals surface area contributed by atoms with E-state index in [0.29, 0.717) is 22.3 Å². The van der Waals surface area contributed by atoms with E-state index >= 15 is 0 Å². The third-order valence-corrected chi connectivity index (χ3v) is 10.3. The summed E-state index contributed by atoms with van der Waals surface area (Å²) in [5.74, 6) is 0. The maximum Gasteiger partial charge on any atom is 0.136 e. The van der Waals surface area contributed by atoms with Gasteiger partial charge in [0, 0.05) is 10.8 Å². The molecule has 0 aliphatic rings. The fourth-order valence-electron chi connectivity index (χ4n) is 7.95. The summed E-state index contributed by atoms with van der Waals surface area (Å²) in [7, 11) is 0. The number of benzene rings is 10. The predicted octanol–water partition coefficient (Wildman–Crippen LogP) is 14.4. The molecule has 1 nitrogen and oxygen atoms in total. The fraction of sp³-hybridized carbons (Fsp3) is 0. The Balaban J connectivity index is 1.20. The lowest BCUT2D eigenvalue weighted by Crippen LogP contribution is -1.91. The molecule has 0 saturated carbocycles. The van der Waals surface area contributed by atoms with Crippen LogP contribution in [0.25, 0.3) is 109 Å². The molecule has 1 heteroatoms. The molecule has 0 saturated heterocycles. The van der Waals surface area contributed by atoms with Gasteiger partial charge in [0.15, 0.2) is 0 Å². The van der Waals surface area contributed by atoms with Gasteiger partial charge in [0.1, 0.15) is 11.2 Å². The van der Waals surface area contributed by atoms with Gasteiger partial charge in [-0.15, -0.1) is 0 Å². The van der Waals surface area contributed by atoms with E-state index < -0.39 is 24.2 Å². The molecule has 0 N–H and O–H groups in total. The number of rotatable bonds is 3. The quantitative estimate of drug-likeness (QED) is 0.173. The molecule has 51 heavy (non-hydrogen) atoms. The zero-order valence-corrected chi connectivity index (χ0v) is 27.1. The Morgan fingerprint density at radius 1 is 0.353 bits per heavy atom. The van der Waals surface area contributed by atoms with E-state index in [1.807, 2.05) is 91.0 Å². The summed E-state index contributed by atoms with van der Waals surface area (Å²) in [4.78, 5) is 0. The summed E-state index contributed by atoms with van der Waals surface area (Å²) in [5, 5.41) is 8.78. The number of hydrogen-bond donors (Lipinski definition) is 0. The number of fused-ring (bicyclic) bond motifs is 9. The van der Waals surface area contributed by atoms with Gasteiger partial charge in [-0.25, -0.2) is 0 Å². The van der Waals surface area contributed by atoms with Crippen LogP contribution in [-0.2, 0) is 0 Å². The number of furan rings is 1. The Labute approximate surface area is 305 Å². The van der Waals surface area contributed by atoms with Gasteiger partial charge in [-0.2, -0.15) is 0 Å². The lowest BCUT2D eigenvalue weighted by molar-refractivity contribution is 0.669. The maximum absolute atomic E-state index is 9.37. The van der Waals surface area contributed by atoms with Crippen LogP contribution in [0.15, 0.2) is 186 Å². The van der Waals surface area contributed by atoms with Crippen LogP contribution in [0.4, 0.5) is 0 Å². The molecule has 0 unspecified atom stereocenters. The van der Waals surface area contributed by atoms with Crippen molar-refractivity contribution in [1.29, 1.82) is 0 Å². The van der Waals surface area contributed by atoms with E-state index in [2.05, 4.69) is 42.5 Å².